The van der Waals surface area contributed by atoms with E-state index < -0.39 is 0 Å². The molecule has 0 aromatic heterocycles. The number of halogens is 1. The molecule has 1 heterocycles. The second-order valence-corrected chi connectivity index (χ2v) is 5.51. The van der Waals surface area contributed by atoms with Crippen LogP contribution in [0.2, 0.25) is 0 Å². The number of carbonyl (C=O) groups excluding carboxylic acids is 1. The van der Waals surface area contributed by atoms with Crippen LogP contribution in [0.1, 0.15) is 26.7 Å². The zero-order valence-electron chi connectivity index (χ0n) is 9.54. The highest BCUT2D eigenvalue weighted by molar-refractivity contribution is 9.10. The van der Waals surface area contributed by atoms with E-state index in [1.807, 2.05) is 4.90 Å². The summed E-state index contributed by atoms with van der Waals surface area (Å²) in [4.78, 5) is 13.6. The van der Waals surface area contributed by atoms with Gasteiger partial charge in [0.05, 0.1) is 11.4 Å². The summed E-state index contributed by atoms with van der Waals surface area (Å²) in [7, 11) is 0. The van der Waals surface area contributed by atoms with E-state index in [2.05, 4.69) is 29.8 Å². The van der Waals surface area contributed by atoms with Gasteiger partial charge in [-0.1, -0.05) is 29.8 Å². The Morgan fingerprint density at radius 1 is 1.60 bits per heavy atom. The largest absolute Gasteiger partial charge is 0.379 e. The van der Waals surface area contributed by atoms with Crippen LogP contribution in [0, 0.1) is 5.92 Å². The number of nitrogens with zero attached hydrogens (tertiary/aromatic N) is 1. The van der Waals surface area contributed by atoms with E-state index in [1.54, 1.807) is 0 Å². The molecule has 0 aromatic rings. The summed E-state index contributed by atoms with van der Waals surface area (Å²) in [6.45, 7) is 7.30. The van der Waals surface area contributed by atoms with Gasteiger partial charge in [0.2, 0.25) is 5.91 Å². The van der Waals surface area contributed by atoms with Crippen molar-refractivity contribution < 1.29 is 9.53 Å². The van der Waals surface area contributed by atoms with Gasteiger partial charge < -0.3 is 9.64 Å². The molecule has 1 amide bonds. The normalized spacial score (nSPS) is 22.5. The van der Waals surface area contributed by atoms with Crippen molar-refractivity contribution in [1.29, 1.82) is 0 Å². The average Bonchev–Trinajstić information content (AvgIpc) is 2.18. The molecule has 0 saturated carbocycles. The van der Waals surface area contributed by atoms with Gasteiger partial charge in [0, 0.05) is 19.7 Å². The molecule has 4 heteroatoms. The van der Waals surface area contributed by atoms with Crippen LogP contribution < -0.4 is 0 Å². The van der Waals surface area contributed by atoms with Gasteiger partial charge in [-0.15, -0.1) is 0 Å². The summed E-state index contributed by atoms with van der Waals surface area (Å²) in [6.07, 6.45) is 2.05. The van der Waals surface area contributed by atoms with E-state index in [0.29, 0.717) is 12.5 Å². The number of alkyl halides is 1. The first-order valence-electron chi connectivity index (χ1n) is 5.62. The van der Waals surface area contributed by atoms with Crippen LogP contribution in [0.25, 0.3) is 0 Å². The summed E-state index contributed by atoms with van der Waals surface area (Å²) in [5.74, 6) is 0.778. The lowest BCUT2D eigenvalue weighted by molar-refractivity contribution is -0.133. The Labute approximate surface area is 100 Å². The Kier molecular flexibility index (Phi) is 5.61. The van der Waals surface area contributed by atoms with Gasteiger partial charge in [-0.05, 0) is 18.8 Å². The fourth-order valence-corrected chi connectivity index (χ4v) is 2.22. The molecule has 1 unspecified atom stereocenters. The molecule has 0 radical (unpaired) electrons. The minimum atomic E-state index is 0.0244. The monoisotopic (exact) mass is 277 g/mol. The molecule has 0 bridgehead atoms. The summed E-state index contributed by atoms with van der Waals surface area (Å²) in [5, 5.41) is 0. The van der Waals surface area contributed by atoms with Gasteiger partial charge >= 0.3 is 0 Å². The first-order valence-corrected chi connectivity index (χ1v) is 6.53. The third kappa shape index (κ3) is 4.51. The standard InChI is InChI=1S/C11H20BrNO2/c1-9(2)8-15-7-6-13-5-3-4-10(12)11(13)14/h9-10H,3-8H2,1-2H3. The van der Waals surface area contributed by atoms with E-state index in [0.717, 1.165) is 32.5 Å². The maximum atomic E-state index is 11.7. The molecule has 0 N–H and O–H groups in total. The number of amides is 1. The molecule has 1 aliphatic rings. The molecule has 0 aliphatic carbocycles. The quantitative estimate of drug-likeness (QED) is 0.569. The topological polar surface area (TPSA) is 29.5 Å². The van der Waals surface area contributed by atoms with Crippen molar-refractivity contribution in [1.82, 2.24) is 4.90 Å². The molecular formula is C11H20BrNO2. The highest BCUT2D eigenvalue weighted by Crippen LogP contribution is 2.17. The van der Waals surface area contributed by atoms with Crippen molar-refractivity contribution in [2.45, 2.75) is 31.5 Å². The lowest BCUT2D eigenvalue weighted by Crippen LogP contribution is -2.43. The summed E-state index contributed by atoms with van der Waals surface area (Å²) in [6, 6.07) is 0. The summed E-state index contributed by atoms with van der Waals surface area (Å²) in [5.41, 5.74) is 0. The zero-order valence-corrected chi connectivity index (χ0v) is 11.1. The van der Waals surface area contributed by atoms with E-state index in [1.165, 1.54) is 0 Å². The van der Waals surface area contributed by atoms with E-state index in [9.17, 15) is 4.79 Å². The van der Waals surface area contributed by atoms with Crippen molar-refractivity contribution >= 4 is 21.8 Å². The predicted octanol–water partition coefficient (Wildman–Crippen LogP) is 2.04. The van der Waals surface area contributed by atoms with Gasteiger partial charge in [0.15, 0.2) is 0 Å². The highest BCUT2D eigenvalue weighted by Gasteiger charge is 2.25. The number of hydrogen-bond acceptors (Lipinski definition) is 2. The van der Waals surface area contributed by atoms with Crippen LogP contribution in [0.4, 0.5) is 0 Å². The van der Waals surface area contributed by atoms with Crippen molar-refractivity contribution in [2.24, 2.45) is 5.92 Å². The molecule has 1 rings (SSSR count). The maximum absolute atomic E-state index is 11.7. The second kappa shape index (κ2) is 6.48. The number of likely N-dealkylation sites (tertiary alicyclic amines) is 1. The molecule has 1 aliphatic heterocycles. The zero-order chi connectivity index (χ0) is 11.3. The summed E-state index contributed by atoms with van der Waals surface area (Å²) >= 11 is 3.39. The van der Waals surface area contributed by atoms with Crippen LogP contribution >= 0.6 is 15.9 Å². The third-order valence-corrected chi connectivity index (χ3v) is 3.27. The van der Waals surface area contributed by atoms with Crippen LogP contribution in [0.3, 0.4) is 0 Å². The van der Waals surface area contributed by atoms with Crippen molar-refractivity contribution in [2.75, 3.05) is 26.3 Å². The summed E-state index contributed by atoms with van der Waals surface area (Å²) < 4.78 is 5.47. The Balaban J connectivity index is 2.17. The van der Waals surface area contributed by atoms with E-state index in [4.69, 9.17) is 4.74 Å². The number of ether oxygens (including phenoxy) is 1. The maximum Gasteiger partial charge on any atom is 0.236 e. The SMILES string of the molecule is CC(C)COCCN1CCCC(Br)C1=O. The molecular weight excluding hydrogens is 258 g/mol. The second-order valence-electron chi connectivity index (χ2n) is 4.40. The van der Waals surface area contributed by atoms with Gasteiger partial charge in [-0.2, -0.15) is 0 Å². The van der Waals surface area contributed by atoms with Crippen molar-refractivity contribution in [3.8, 4) is 0 Å². The minimum absolute atomic E-state index is 0.0244. The number of carbonyl (C=O) groups is 1. The molecule has 1 fully saturated rings. The fraction of sp³-hybridized carbons (Fsp3) is 0.909. The predicted molar refractivity (Wildman–Crippen MR) is 64.2 cm³/mol. The Morgan fingerprint density at radius 2 is 2.33 bits per heavy atom. The Bertz CT molecular complexity index is 209. The van der Waals surface area contributed by atoms with Gasteiger partial charge in [0.25, 0.3) is 0 Å². The first-order chi connectivity index (χ1) is 7.11. The molecule has 15 heavy (non-hydrogen) atoms. The third-order valence-electron chi connectivity index (χ3n) is 2.42. The average molecular weight is 278 g/mol. The van der Waals surface area contributed by atoms with Gasteiger partial charge in [0.1, 0.15) is 0 Å². The Hall–Kier alpha value is -0.0900. The molecule has 88 valence electrons. The van der Waals surface area contributed by atoms with E-state index >= 15 is 0 Å². The minimum Gasteiger partial charge on any atom is -0.379 e. The van der Waals surface area contributed by atoms with Gasteiger partial charge in [-0.3, -0.25) is 4.79 Å². The molecule has 0 spiro atoms. The molecule has 0 aromatic carbocycles. The van der Waals surface area contributed by atoms with Crippen molar-refractivity contribution in [3.63, 3.8) is 0 Å². The first kappa shape index (κ1) is 13.0. The number of rotatable bonds is 5. The van der Waals surface area contributed by atoms with Crippen molar-refractivity contribution in [3.05, 3.63) is 0 Å². The van der Waals surface area contributed by atoms with E-state index in [-0.39, 0.29) is 10.7 Å². The van der Waals surface area contributed by atoms with Crippen LogP contribution in [0.15, 0.2) is 0 Å². The lowest BCUT2D eigenvalue weighted by atomic mass is 10.1. The fourth-order valence-electron chi connectivity index (χ4n) is 1.61. The van der Waals surface area contributed by atoms with Crippen LogP contribution in [-0.2, 0) is 9.53 Å². The molecule has 1 atom stereocenters. The van der Waals surface area contributed by atoms with Crippen LogP contribution in [-0.4, -0.2) is 41.9 Å². The smallest absolute Gasteiger partial charge is 0.236 e. The number of hydrogen-bond donors (Lipinski definition) is 0. The lowest BCUT2D eigenvalue weighted by Gasteiger charge is -2.29. The van der Waals surface area contributed by atoms with Crippen LogP contribution in [0.5, 0.6) is 0 Å². The highest BCUT2D eigenvalue weighted by atomic mass is 79.9. The molecule has 1 saturated heterocycles. The van der Waals surface area contributed by atoms with Gasteiger partial charge in [-0.25, -0.2) is 0 Å². The molecule has 3 nitrogen and oxygen atoms in total. The Morgan fingerprint density at radius 3 is 3.00 bits per heavy atom. The number of piperidine rings is 1.